The number of para-hydroxylation sites is 1. The molecule has 2 aliphatic carbocycles. The molecule has 4 atom stereocenters. The van der Waals surface area contributed by atoms with Gasteiger partial charge < -0.3 is 35.3 Å². The number of anilines is 2. The van der Waals surface area contributed by atoms with Gasteiger partial charge in [0.15, 0.2) is 5.13 Å². The van der Waals surface area contributed by atoms with Crippen molar-refractivity contribution < 1.29 is 29.1 Å². The largest absolute Gasteiger partial charge is 0.391 e. The third-order valence-electron chi connectivity index (χ3n) is 19.8. The summed E-state index contributed by atoms with van der Waals surface area (Å²) in [7, 11) is 0. The molecule has 466 valence electrons. The van der Waals surface area contributed by atoms with Crippen LogP contribution in [0.2, 0.25) is 0 Å². The van der Waals surface area contributed by atoms with E-state index < -0.39 is 29.5 Å². The van der Waals surface area contributed by atoms with Gasteiger partial charge in [0.05, 0.1) is 44.6 Å². The van der Waals surface area contributed by atoms with Crippen LogP contribution in [0.3, 0.4) is 0 Å². The highest BCUT2D eigenvalue weighted by atomic mass is 32.1. The number of aliphatic hydroxyl groups excluding tert-OH is 1. The van der Waals surface area contributed by atoms with Crippen molar-refractivity contribution in [1.82, 2.24) is 55.0 Å². The Labute approximate surface area is 528 Å². The van der Waals surface area contributed by atoms with Gasteiger partial charge in [-0.2, -0.15) is 5.10 Å². The monoisotopic (exact) mass is 1240 g/mol. The molecule has 89 heavy (non-hydrogen) atoms. The number of benzene rings is 3. The minimum Gasteiger partial charge on any atom is -0.391 e. The molecular weight excluding hydrogens is 1160 g/mol. The molecule has 4 N–H and O–H groups in total. The molecule has 2 saturated carbocycles. The number of carbonyl (C=O) groups excluding carboxylic acids is 5. The summed E-state index contributed by atoms with van der Waals surface area (Å²) in [4.78, 5) is 96.9. The van der Waals surface area contributed by atoms with E-state index >= 15 is 4.79 Å². The van der Waals surface area contributed by atoms with Gasteiger partial charge in [0.2, 0.25) is 11.8 Å². The van der Waals surface area contributed by atoms with Gasteiger partial charge in [-0.25, -0.2) is 19.7 Å². The van der Waals surface area contributed by atoms with E-state index in [0.717, 1.165) is 79.2 Å². The van der Waals surface area contributed by atoms with E-state index in [2.05, 4.69) is 53.4 Å². The van der Waals surface area contributed by atoms with Gasteiger partial charge in [-0.15, -0.1) is 11.3 Å². The average molecular weight is 1240 g/mol. The number of likely N-dealkylation sites (tertiary alicyclic amines) is 2. The van der Waals surface area contributed by atoms with Crippen LogP contribution in [0.15, 0.2) is 90.6 Å². The third kappa shape index (κ3) is 12.3. The third-order valence-corrected chi connectivity index (χ3v) is 21.7. The molecule has 4 aromatic heterocycles. The number of hydrogen-bond acceptors (Lipinski definition) is 14. The number of nitrogens with zero attached hydrogens (tertiary/aromatic N) is 10. The Morgan fingerprint density at radius 3 is 2.33 bits per heavy atom. The van der Waals surface area contributed by atoms with Crippen molar-refractivity contribution in [2.24, 2.45) is 16.7 Å². The van der Waals surface area contributed by atoms with Gasteiger partial charge in [0, 0.05) is 106 Å². The van der Waals surface area contributed by atoms with Crippen LogP contribution in [0.4, 0.5) is 15.7 Å². The van der Waals surface area contributed by atoms with Crippen molar-refractivity contribution >= 4 is 73.5 Å². The van der Waals surface area contributed by atoms with Crippen LogP contribution in [0.1, 0.15) is 134 Å². The summed E-state index contributed by atoms with van der Waals surface area (Å²) in [5.74, 6) is 0.214. The molecule has 3 saturated heterocycles. The second kappa shape index (κ2) is 24.7. The summed E-state index contributed by atoms with van der Waals surface area (Å²) < 4.78 is 3.12. The molecule has 6 amide bonds. The Morgan fingerprint density at radius 1 is 0.831 bits per heavy atom. The first-order valence-corrected chi connectivity index (χ1v) is 33.5. The van der Waals surface area contributed by atoms with Crippen LogP contribution in [-0.4, -0.2) is 156 Å². The number of pyridine rings is 1. The number of thiazole rings is 2. The summed E-state index contributed by atoms with van der Waals surface area (Å²) >= 11 is 3.04. The number of rotatable bonds is 14. The highest BCUT2D eigenvalue weighted by Gasteiger charge is 2.56. The highest BCUT2D eigenvalue weighted by Crippen LogP contribution is 2.51. The minimum atomic E-state index is -0.936. The number of nitrogens with one attached hydrogen (secondary N) is 3. The molecule has 13 rings (SSSR count). The van der Waals surface area contributed by atoms with Crippen molar-refractivity contribution in [2.75, 3.05) is 62.6 Å². The number of amides is 6. The predicted molar refractivity (Wildman–Crippen MR) is 347 cm³/mol. The van der Waals surface area contributed by atoms with Crippen LogP contribution in [0, 0.1) is 30.6 Å². The number of aryl methyl sites for hydroxylation is 1. The molecule has 0 unspecified atom stereocenters. The molecule has 6 aliphatic rings. The first kappa shape index (κ1) is 60.3. The molecule has 0 bridgehead atoms. The number of urea groups is 1. The van der Waals surface area contributed by atoms with Crippen molar-refractivity contribution in [3.63, 3.8) is 0 Å². The van der Waals surface area contributed by atoms with Crippen LogP contribution in [-0.2, 0) is 29.1 Å². The van der Waals surface area contributed by atoms with E-state index in [0.29, 0.717) is 92.9 Å². The van der Waals surface area contributed by atoms with Crippen LogP contribution >= 0.6 is 22.7 Å². The average Bonchev–Trinajstić information content (AvgIpc) is 1.87. The fourth-order valence-electron chi connectivity index (χ4n) is 14.6. The molecule has 3 aromatic carbocycles. The second-order valence-electron chi connectivity index (χ2n) is 27.0. The fourth-order valence-corrected chi connectivity index (χ4v) is 16.3. The van der Waals surface area contributed by atoms with Gasteiger partial charge in [-0.05, 0) is 117 Å². The Hall–Kier alpha value is -7.59. The number of carbonyl (C=O) groups is 5. The quantitative estimate of drug-likeness (QED) is 0.0801. The van der Waals surface area contributed by atoms with E-state index in [4.69, 9.17) is 10.1 Å². The molecule has 0 radical (unpaired) electrons. The lowest BCUT2D eigenvalue weighted by atomic mass is 9.60. The fraction of sp³-hybridized carbons (Fsp3) is 0.485. The SMILES string of the molecule is Cc1ncsc1-c1ccc([C@H](C)NC(=O)[C@@H]2C[C@@H](O)CN2C(=O)[C@@H](NC(=O)N2CC3(CC(N4CCN(C(=O)c5nc(N6CCc7cccc(C(=O)Nc8nc9ccccc9s8)c7C6)ccc5-c5cnn(CC6CCCCC6)c5C)CC4)C3)C2)C(C)(C)C)cc1. The lowest BCUT2D eigenvalue weighted by molar-refractivity contribution is -0.142. The maximum absolute atomic E-state index is 15.2. The topological polar surface area (TPSA) is 214 Å². The van der Waals surface area contributed by atoms with Crippen molar-refractivity contribution in [2.45, 2.75) is 143 Å². The van der Waals surface area contributed by atoms with Gasteiger partial charge in [0.25, 0.3) is 11.8 Å². The number of fused-ring (bicyclic) bond motifs is 2. The van der Waals surface area contributed by atoms with E-state index in [9.17, 15) is 24.3 Å². The van der Waals surface area contributed by atoms with Gasteiger partial charge in [-0.1, -0.05) is 99.9 Å². The van der Waals surface area contributed by atoms with Crippen LogP contribution < -0.4 is 20.9 Å². The number of β-amino-alcohol motifs (C(OH)–C–C–N with tert-alkyl or cyclic N) is 1. The van der Waals surface area contributed by atoms with Crippen LogP contribution in [0.5, 0.6) is 0 Å². The smallest absolute Gasteiger partial charge is 0.318 e. The maximum Gasteiger partial charge on any atom is 0.318 e. The second-order valence-corrected chi connectivity index (χ2v) is 28.8. The number of aromatic nitrogens is 5. The number of hydrogen-bond donors (Lipinski definition) is 4. The summed E-state index contributed by atoms with van der Waals surface area (Å²) in [6, 6.07) is 23.7. The summed E-state index contributed by atoms with van der Waals surface area (Å²) in [5.41, 5.74) is 10.7. The maximum atomic E-state index is 15.2. The summed E-state index contributed by atoms with van der Waals surface area (Å²) in [6.45, 7) is 17.4. The van der Waals surface area contributed by atoms with Gasteiger partial charge >= 0.3 is 6.03 Å². The molecular formula is C68H81N13O6S2. The molecule has 1 spiro atoms. The van der Waals surface area contributed by atoms with Gasteiger partial charge in [-0.3, -0.25) is 34.1 Å². The summed E-state index contributed by atoms with van der Waals surface area (Å²) in [5, 5.41) is 25.6. The predicted octanol–water partition coefficient (Wildman–Crippen LogP) is 9.88. The molecule has 19 nitrogen and oxygen atoms in total. The highest BCUT2D eigenvalue weighted by molar-refractivity contribution is 7.22. The van der Waals surface area contributed by atoms with E-state index in [1.54, 1.807) is 16.2 Å². The molecule has 21 heteroatoms. The van der Waals surface area contributed by atoms with Crippen molar-refractivity contribution in [3.8, 4) is 21.6 Å². The normalized spacial score (nSPS) is 20.4. The molecule has 5 fully saturated rings. The van der Waals surface area contributed by atoms with E-state index in [1.165, 1.54) is 48.3 Å². The lowest BCUT2D eigenvalue weighted by Gasteiger charge is -2.61. The zero-order valence-corrected chi connectivity index (χ0v) is 53.5. The Morgan fingerprint density at radius 2 is 1.60 bits per heavy atom. The minimum absolute atomic E-state index is 0.00223. The Bertz CT molecular complexity index is 3770. The molecule has 8 heterocycles. The van der Waals surface area contributed by atoms with E-state index in [-0.39, 0.29) is 48.2 Å². The van der Waals surface area contributed by atoms with Crippen molar-refractivity contribution in [3.05, 3.63) is 130 Å². The first-order valence-electron chi connectivity index (χ1n) is 31.8. The Balaban J connectivity index is 0.638. The molecule has 4 aliphatic heterocycles. The number of piperazine rings is 1. The lowest BCUT2D eigenvalue weighted by Crippen LogP contribution is -2.71. The first-order chi connectivity index (χ1) is 42.8. The van der Waals surface area contributed by atoms with Crippen LogP contribution in [0.25, 0.3) is 31.8 Å². The standard InChI is InChI=1S/C68H81N13O6S2/c1-41(45-19-21-47(22-20-45)59-42(2)69-40-88-59)71-62(84)55-31-49(82)36-80(55)64(86)60(67(4,5)6)74-66(87)79-38-68(39-79)32-48(33-68)76-27-29-77(30-28-76)63(85)58-50(52-34-70-81(43(52)3)35-44-13-8-7-9-14-44)23-24-57(73-58)78-26-25-46-15-12-16-51(53(46)37-78)61(83)75-65-72-54-17-10-11-18-56(54)89-65/h10-12,15-24,34,40-41,44,48-49,55,60,82H,7-9,13-14,25-33,35-39H2,1-6H3,(H,71,84)(H,74,87)(H,72,75,83)/t41-,49+,55-,60+/m0/s1. The van der Waals surface area contributed by atoms with E-state index in [1.807, 2.05) is 124 Å². The molecule has 7 aromatic rings. The van der Waals surface area contributed by atoms with Crippen molar-refractivity contribution in [1.29, 1.82) is 0 Å². The zero-order valence-electron chi connectivity index (χ0n) is 51.8. The number of aliphatic hydroxyl groups is 1. The van der Waals surface area contributed by atoms with Gasteiger partial charge in [0.1, 0.15) is 23.6 Å². The zero-order chi connectivity index (χ0) is 61.9. The Kier molecular flexibility index (Phi) is 16.7. The summed E-state index contributed by atoms with van der Waals surface area (Å²) in [6.07, 6.45) is 9.91.